The lowest BCUT2D eigenvalue weighted by molar-refractivity contribution is 1.70. The van der Waals surface area contributed by atoms with E-state index in [-0.39, 0.29) is 0 Å². The minimum absolute atomic E-state index is 1.30. The number of hydrogen-bond donors (Lipinski definition) is 0. The lowest BCUT2D eigenvalue weighted by atomic mass is 10.2. The van der Waals surface area contributed by atoms with Crippen molar-refractivity contribution < 1.29 is 0 Å². The van der Waals surface area contributed by atoms with Gasteiger partial charge in [0.15, 0.2) is 0 Å². The van der Waals surface area contributed by atoms with Gasteiger partial charge in [0.2, 0.25) is 0 Å². The van der Waals surface area contributed by atoms with Crippen molar-refractivity contribution in [3.63, 3.8) is 0 Å². The van der Waals surface area contributed by atoms with E-state index in [0.717, 1.165) is 0 Å². The Hall–Kier alpha value is -1.90. The van der Waals surface area contributed by atoms with Gasteiger partial charge in [-0.1, -0.05) is 48.5 Å². The van der Waals surface area contributed by atoms with E-state index in [1.54, 1.807) is 0 Å². The van der Waals surface area contributed by atoms with Crippen LogP contribution in [0.15, 0.2) is 72.8 Å². The van der Waals surface area contributed by atoms with Gasteiger partial charge in [-0.05, 0) is 35.2 Å². The van der Waals surface area contributed by atoms with Crippen molar-refractivity contribution in [2.24, 2.45) is 0 Å². The van der Waals surface area contributed by atoms with Crippen molar-refractivity contribution in [3.8, 4) is 20.2 Å². The van der Waals surface area contributed by atoms with Crippen LogP contribution in [0.5, 0.6) is 0 Å². The Morgan fingerprint density at radius 2 is 1.30 bits per heavy atom. The molecule has 0 fully saturated rings. The van der Waals surface area contributed by atoms with Crippen LogP contribution >= 0.6 is 22.7 Å². The summed E-state index contributed by atoms with van der Waals surface area (Å²) in [4.78, 5) is 4.04. The Morgan fingerprint density at radius 3 is 2.15 bits per heavy atom. The van der Waals surface area contributed by atoms with Gasteiger partial charge in [-0.25, -0.2) is 0 Å². The highest BCUT2D eigenvalue weighted by Gasteiger charge is 2.07. The molecular weight excluding hydrogens is 280 g/mol. The fourth-order valence-electron chi connectivity index (χ4n) is 2.33. The van der Waals surface area contributed by atoms with Gasteiger partial charge in [-0.2, -0.15) is 0 Å². The summed E-state index contributed by atoms with van der Waals surface area (Å²) < 4.78 is 1.36. The van der Waals surface area contributed by atoms with Gasteiger partial charge in [0.1, 0.15) is 0 Å². The van der Waals surface area contributed by atoms with Crippen LogP contribution in [0.2, 0.25) is 0 Å². The lowest BCUT2D eigenvalue weighted by Crippen LogP contribution is -1.67. The predicted molar refractivity (Wildman–Crippen MR) is 90.6 cm³/mol. The van der Waals surface area contributed by atoms with Crippen LogP contribution in [0.3, 0.4) is 0 Å². The van der Waals surface area contributed by atoms with E-state index in [4.69, 9.17) is 0 Å². The molecule has 0 saturated heterocycles. The molecule has 20 heavy (non-hydrogen) atoms. The largest absolute Gasteiger partial charge is 0.134 e. The minimum atomic E-state index is 1.30. The molecule has 0 atom stereocenters. The second-order valence-electron chi connectivity index (χ2n) is 4.68. The summed E-state index contributed by atoms with van der Waals surface area (Å²) in [6.45, 7) is 0. The van der Waals surface area contributed by atoms with Crippen molar-refractivity contribution >= 4 is 32.8 Å². The highest BCUT2D eigenvalue weighted by molar-refractivity contribution is 7.27. The third kappa shape index (κ3) is 2.07. The zero-order chi connectivity index (χ0) is 13.4. The summed E-state index contributed by atoms with van der Waals surface area (Å²) in [5, 5.41) is 1.34. The van der Waals surface area contributed by atoms with Gasteiger partial charge in [0.05, 0.1) is 0 Å². The van der Waals surface area contributed by atoms with Crippen LogP contribution in [-0.2, 0) is 0 Å². The highest BCUT2D eigenvalue weighted by atomic mass is 32.1. The van der Waals surface area contributed by atoms with Crippen molar-refractivity contribution in [3.05, 3.63) is 72.8 Å². The Bertz CT molecular complexity index is 820. The molecule has 0 nitrogen and oxygen atoms in total. The van der Waals surface area contributed by atoms with Crippen molar-refractivity contribution in [1.29, 1.82) is 0 Å². The fraction of sp³-hybridized carbons (Fsp3) is 0. The summed E-state index contributed by atoms with van der Waals surface area (Å²) >= 11 is 3.73. The van der Waals surface area contributed by atoms with Crippen LogP contribution < -0.4 is 0 Å². The first-order valence-corrected chi connectivity index (χ1v) is 8.18. The second-order valence-corrected chi connectivity index (χ2v) is 6.85. The SMILES string of the molecule is c1ccc(-c2ccc(-c3cc4ccccc4s3)s2)cc1. The van der Waals surface area contributed by atoms with Crippen LogP contribution in [0.25, 0.3) is 30.3 Å². The third-order valence-corrected chi connectivity index (χ3v) is 5.78. The van der Waals surface area contributed by atoms with Crippen molar-refractivity contribution in [2.75, 3.05) is 0 Å². The Balaban J connectivity index is 1.78. The molecule has 2 heteroatoms. The maximum Gasteiger partial charge on any atom is 0.0455 e. The van der Waals surface area contributed by atoms with Crippen LogP contribution in [0, 0.1) is 0 Å². The normalized spacial score (nSPS) is 11.0. The van der Waals surface area contributed by atoms with Crippen LogP contribution in [0.4, 0.5) is 0 Å². The topological polar surface area (TPSA) is 0 Å². The Kier molecular flexibility index (Phi) is 2.91. The van der Waals surface area contributed by atoms with Gasteiger partial charge < -0.3 is 0 Å². The van der Waals surface area contributed by atoms with Gasteiger partial charge in [0, 0.05) is 19.3 Å². The van der Waals surface area contributed by atoms with Gasteiger partial charge in [-0.3, -0.25) is 0 Å². The quantitative estimate of drug-likeness (QED) is 0.407. The number of fused-ring (bicyclic) bond motifs is 1. The average Bonchev–Trinajstić information content (AvgIpc) is 3.14. The van der Waals surface area contributed by atoms with E-state index in [0.29, 0.717) is 0 Å². The fourth-order valence-corrected chi connectivity index (χ4v) is 4.49. The standard InChI is InChI=1S/C18H12S2/c1-2-6-13(7-3-1)16-10-11-17(19-16)18-12-14-8-4-5-9-15(14)20-18/h1-12H. The minimum Gasteiger partial charge on any atom is -0.134 e. The van der Waals surface area contributed by atoms with Crippen molar-refractivity contribution in [1.82, 2.24) is 0 Å². The molecule has 0 spiro atoms. The predicted octanol–water partition coefficient (Wildman–Crippen LogP) is 6.30. The Morgan fingerprint density at radius 1 is 0.550 bits per heavy atom. The summed E-state index contributed by atoms with van der Waals surface area (Å²) in [6, 6.07) is 25.9. The molecule has 0 aliphatic carbocycles. The molecule has 0 N–H and O–H groups in total. The molecule has 0 bridgehead atoms. The van der Waals surface area contributed by atoms with E-state index in [2.05, 4.69) is 72.8 Å². The molecular formula is C18H12S2. The van der Waals surface area contributed by atoms with E-state index in [1.165, 1.54) is 30.3 Å². The number of hydrogen-bond acceptors (Lipinski definition) is 2. The first-order valence-electron chi connectivity index (χ1n) is 6.54. The number of thiophene rings is 2. The molecule has 0 radical (unpaired) electrons. The van der Waals surface area contributed by atoms with Gasteiger partial charge >= 0.3 is 0 Å². The maximum atomic E-state index is 2.29. The van der Waals surface area contributed by atoms with Gasteiger partial charge in [-0.15, -0.1) is 22.7 Å². The van der Waals surface area contributed by atoms with Crippen molar-refractivity contribution in [2.45, 2.75) is 0 Å². The zero-order valence-electron chi connectivity index (χ0n) is 10.7. The molecule has 2 aromatic carbocycles. The van der Waals surface area contributed by atoms with Crippen LogP contribution in [0.1, 0.15) is 0 Å². The molecule has 4 rings (SSSR count). The first-order chi connectivity index (χ1) is 9.90. The molecule has 0 saturated carbocycles. The van der Waals surface area contributed by atoms with E-state index in [9.17, 15) is 0 Å². The molecule has 4 aromatic rings. The first kappa shape index (κ1) is 11.9. The van der Waals surface area contributed by atoms with E-state index in [1.807, 2.05) is 22.7 Å². The monoisotopic (exact) mass is 292 g/mol. The molecule has 0 amide bonds. The molecule has 0 unspecified atom stereocenters. The average molecular weight is 292 g/mol. The molecule has 2 heterocycles. The molecule has 96 valence electrons. The smallest absolute Gasteiger partial charge is 0.0455 e. The lowest BCUT2D eigenvalue weighted by Gasteiger charge is -1.94. The van der Waals surface area contributed by atoms with Gasteiger partial charge in [0.25, 0.3) is 0 Å². The maximum absolute atomic E-state index is 2.29. The summed E-state index contributed by atoms with van der Waals surface area (Å²) in [7, 11) is 0. The Labute approximate surface area is 126 Å². The summed E-state index contributed by atoms with van der Waals surface area (Å²) in [6.07, 6.45) is 0. The van der Waals surface area contributed by atoms with Crippen LogP contribution in [-0.4, -0.2) is 0 Å². The highest BCUT2D eigenvalue weighted by Crippen LogP contribution is 2.39. The number of rotatable bonds is 2. The second kappa shape index (κ2) is 4.89. The molecule has 0 aliphatic heterocycles. The number of benzene rings is 2. The molecule has 0 aliphatic rings. The van der Waals surface area contributed by atoms with E-state index >= 15 is 0 Å². The summed E-state index contributed by atoms with van der Waals surface area (Å²) in [5.41, 5.74) is 1.30. The zero-order valence-corrected chi connectivity index (χ0v) is 12.4. The molecule has 2 aromatic heterocycles. The van der Waals surface area contributed by atoms with E-state index < -0.39 is 0 Å². The third-order valence-electron chi connectivity index (χ3n) is 3.33. The summed E-state index contributed by atoms with van der Waals surface area (Å²) in [5.74, 6) is 0.